The van der Waals surface area contributed by atoms with Crippen LogP contribution in [0.2, 0.25) is 0 Å². The molecule has 0 spiro atoms. The molecule has 3 atom stereocenters. The molecule has 4 saturated carbocycles. The first-order chi connectivity index (χ1) is 8.32. The van der Waals surface area contributed by atoms with Crippen molar-refractivity contribution in [3.8, 4) is 0 Å². The lowest BCUT2D eigenvalue weighted by molar-refractivity contribution is -0.366. The molecule has 0 aromatic rings. The van der Waals surface area contributed by atoms with E-state index in [1.54, 1.807) is 0 Å². The van der Waals surface area contributed by atoms with E-state index >= 15 is 0 Å². The van der Waals surface area contributed by atoms with Crippen LogP contribution in [0.1, 0.15) is 38.5 Å². The van der Waals surface area contributed by atoms with Crippen molar-refractivity contribution in [2.45, 2.75) is 56.8 Å². The lowest BCUT2D eigenvalue weighted by Crippen LogP contribution is -2.55. The van der Waals surface area contributed by atoms with Gasteiger partial charge in [-0.25, -0.2) is 9.78 Å². The van der Waals surface area contributed by atoms with Crippen molar-refractivity contribution in [2.75, 3.05) is 6.61 Å². The van der Waals surface area contributed by atoms with E-state index in [2.05, 4.69) is 0 Å². The molecule has 2 aliphatic heterocycles. The summed E-state index contributed by atoms with van der Waals surface area (Å²) in [6.45, 7) is 0.646. The normalized spacial score (nSPS) is 63.5. The summed E-state index contributed by atoms with van der Waals surface area (Å²) in [6, 6.07) is 0. The minimum absolute atomic E-state index is 0.245. The van der Waals surface area contributed by atoms with Crippen LogP contribution in [-0.4, -0.2) is 24.9 Å². The number of ether oxygens (including phenoxy) is 1. The van der Waals surface area contributed by atoms with Crippen LogP contribution in [0.15, 0.2) is 0 Å². The van der Waals surface area contributed by atoms with Crippen LogP contribution in [-0.2, 0) is 14.5 Å². The van der Waals surface area contributed by atoms with Crippen molar-refractivity contribution in [2.24, 2.45) is 23.2 Å². The highest BCUT2D eigenvalue weighted by atomic mass is 17.2. The molecule has 4 bridgehead atoms. The Morgan fingerprint density at radius 2 is 1.53 bits per heavy atom. The molecule has 2 saturated heterocycles. The van der Waals surface area contributed by atoms with Gasteiger partial charge in [0.15, 0.2) is 0 Å². The van der Waals surface area contributed by atoms with Gasteiger partial charge >= 0.3 is 0 Å². The Morgan fingerprint density at radius 1 is 0.882 bits per heavy atom. The zero-order valence-corrected chi connectivity index (χ0v) is 10.1. The largest absolute Gasteiger partial charge is 0.364 e. The zero-order valence-electron chi connectivity index (χ0n) is 10.1. The fourth-order valence-electron chi connectivity index (χ4n) is 5.77. The second-order valence-electron chi connectivity index (χ2n) is 7.22. The molecular formula is C14H20O3. The van der Waals surface area contributed by atoms with Crippen molar-refractivity contribution in [1.82, 2.24) is 0 Å². The maximum atomic E-state index is 5.73. The molecule has 0 aromatic heterocycles. The Hall–Kier alpha value is -0.120. The van der Waals surface area contributed by atoms with Crippen LogP contribution in [0.4, 0.5) is 0 Å². The Labute approximate surface area is 102 Å². The molecule has 0 amide bonds. The van der Waals surface area contributed by atoms with Gasteiger partial charge in [-0.15, -0.1) is 0 Å². The molecule has 0 radical (unpaired) electrons. The van der Waals surface area contributed by atoms with Crippen molar-refractivity contribution in [3.05, 3.63) is 0 Å². The number of hydrogen-bond acceptors (Lipinski definition) is 3. The van der Waals surface area contributed by atoms with E-state index in [0.717, 1.165) is 17.8 Å². The fourth-order valence-corrected chi connectivity index (χ4v) is 5.77. The minimum Gasteiger partial charge on any atom is -0.364 e. The molecular weight excluding hydrogens is 216 g/mol. The van der Waals surface area contributed by atoms with Crippen molar-refractivity contribution in [1.29, 1.82) is 0 Å². The van der Waals surface area contributed by atoms with Gasteiger partial charge in [0.25, 0.3) is 0 Å². The van der Waals surface area contributed by atoms with E-state index in [4.69, 9.17) is 14.5 Å². The van der Waals surface area contributed by atoms with Crippen molar-refractivity contribution >= 4 is 0 Å². The van der Waals surface area contributed by atoms with E-state index in [1.807, 2.05) is 0 Å². The second kappa shape index (κ2) is 3.06. The predicted octanol–water partition coefficient (Wildman–Crippen LogP) is 2.30. The minimum atomic E-state index is 0.245. The average Bonchev–Trinajstić information content (AvgIpc) is 3.05. The Bertz CT molecular complexity index is 318. The van der Waals surface area contributed by atoms with E-state index in [0.29, 0.717) is 24.2 Å². The molecule has 2 heterocycles. The first-order valence-corrected chi connectivity index (χ1v) is 7.26. The van der Waals surface area contributed by atoms with E-state index in [-0.39, 0.29) is 6.10 Å². The van der Waals surface area contributed by atoms with Gasteiger partial charge in [0.05, 0.1) is 0 Å². The standard InChI is InChI=1S/C14H20O3/c1-8-2-10-3-9(1)5-14(4-8,6-10)13-12-11(16-12)7-15-17-13/h8-13H,1-7H2/t8?,9?,10?,11-,12-,13-,14?/m0/s1. The number of epoxide rings is 1. The van der Waals surface area contributed by atoms with Gasteiger partial charge in [-0.2, -0.15) is 0 Å². The highest BCUT2D eigenvalue weighted by Crippen LogP contribution is 2.63. The maximum Gasteiger partial charge on any atom is 0.127 e. The van der Waals surface area contributed by atoms with Gasteiger partial charge in [0.2, 0.25) is 0 Å². The molecule has 6 fully saturated rings. The molecule has 4 aliphatic carbocycles. The van der Waals surface area contributed by atoms with Gasteiger partial charge in [-0.3, -0.25) is 0 Å². The van der Waals surface area contributed by atoms with Crippen LogP contribution < -0.4 is 0 Å². The van der Waals surface area contributed by atoms with Crippen LogP contribution in [0.25, 0.3) is 0 Å². The summed E-state index contributed by atoms with van der Waals surface area (Å²) in [5.41, 5.74) is 0.411. The smallest absolute Gasteiger partial charge is 0.127 e. The lowest BCUT2D eigenvalue weighted by Gasteiger charge is -2.58. The molecule has 6 aliphatic rings. The molecule has 17 heavy (non-hydrogen) atoms. The molecule has 94 valence electrons. The summed E-state index contributed by atoms with van der Waals surface area (Å²) in [6.07, 6.45) is 9.54. The lowest BCUT2D eigenvalue weighted by atomic mass is 9.48. The topological polar surface area (TPSA) is 31.0 Å². The molecule has 3 heteroatoms. The van der Waals surface area contributed by atoms with Gasteiger partial charge < -0.3 is 4.74 Å². The first-order valence-electron chi connectivity index (χ1n) is 7.26. The quantitative estimate of drug-likeness (QED) is 0.517. The van der Waals surface area contributed by atoms with E-state index in [9.17, 15) is 0 Å². The van der Waals surface area contributed by atoms with Crippen LogP contribution in [0.3, 0.4) is 0 Å². The van der Waals surface area contributed by atoms with Gasteiger partial charge in [0, 0.05) is 5.41 Å². The zero-order chi connectivity index (χ0) is 11.0. The third-order valence-electron chi connectivity index (χ3n) is 6.01. The number of rotatable bonds is 1. The van der Waals surface area contributed by atoms with E-state index in [1.165, 1.54) is 38.5 Å². The second-order valence-corrected chi connectivity index (χ2v) is 7.22. The number of fused-ring (bicyclic) bond motifs is 1. The van der Waals surface area contributed by atoms with Crippen LogP contribution in [0.5, 0.6) is 0 Å². The third kappa shape index (κ3) is 1.28. The third-order valence-corrected chi connectivity index (χ3v) is 6.01. The maximum absolute atomic E-state index is 5.73. The molecule has 0 N–H and O–H groups in total. The van der Waals surface area contributed by atoms with Crippen molar-refractivity contribution < 1.29 is 14.5 Å². The summed E-state index contributed by atoms with van der Waals surface area (Å²) in [5, 5.41) is 0. The fraction of sp³-hybridized carbons (Fsp3) is 1.00. The average molecular weight is 236 g/mol. The van der Waals surface area contributed by atoms with Gasteiger partial charge in [-0.05, 0) is 56.3 Å². The van der Waals surface area contributed by atoms with Crippen LogP contribution >= 0.6 is 0 Å². The Balaban J connectivity index is 1.49. The monoisotopic (exact) mass is 236 g/mol. The summed E-state index contributed by atoms with van der Waals surface area (Å²) in [4.78, 5) is 11.0. The first kappa shape index (κ1) is 9.76. The predicted molar refractivity (Wildman–Crippen MR) is 60.1 cm³/mol. The number of hydrogen-bond donors (Lipinski definition) is 0. The molecule has 3 nitrogen and oxygen atoms in total. The highest BCUT2D eigenvalue weighted by molar-refractivity contribution is 5.10. The van der Waals surface area contributed by atoms with Crippen LogP contribution in [0, 0.1) is 23.2 Å². The summed E-state index contributed by atoms with van der Waals surface area (Å²) in [5.74, 6) is 2.93. The summed E-state index contributed by atoms with van der Waals surface area (Å²) in [7, 11) is 0. The van der Waals surface area contributed by atoms with Gasteiger partial charge in [-0.1, -0.05) is 0 Å². The highest BCUT2D eigenvalue weighted by Gasteiger charge is 2.63. The summed E-state index contributed by atoms with van der Waals surface area (Å²) >= 11 is 0. The van der Waals surface area contributed by atoms with Gasteiger partial charge in [0.1, 0.15) is 24.9 Å². The molecule has 0 aromatic carbocycles. The van der Waals surface area contributed by atoms with Crippen molar-refractivity contribution in [3.63, 3.8) is 0 Å². The summed E-state index contributed by atoms with van der Waals surface area (Å²) < 4.78 is 5.73. The Kier molecular flexibility index (Phi) is 1.76. The SMILES string of the molecule is C1C2CC3CC1CC([C@H]1OOC[C@@H]4O[C@@H]41)(C2)C3. The molecule has 6 rings (SSSR count). The molecule has 0 unspecified atom stereocenters. The Morgan fingerprint density at radius 3 is 2.18 bits per heavy atom. The van der Waals surface area contributed by atoms with E-state index < -0.39 is 0 Å².